The predicted octanol–water partition coefficient (Wildman–Crippen LogP) is 5.32. The van der Waals surface area contributed by atoms with Gasteiger partial charge in [-0.25, -0.2) is 14.2 Å². The Morgan fingerprint density at radius 2 is 1.74 bits per heavy atom. The number of hydrogen-bond donors (Lipinski definition) is 3. The molecule has 0 saturated carbocycles. The van der Waals surface area contributed by atoms with Crippen molar-refractivity contribution in [3.05, 3.63) is 71.9 Å². The molecule has 1 aromatic heterocycles. The van der Waals surface area contributed by atoms with Gasteiger partial charge < -0.3 is 25.6 Å². The summed E-state index contributed by atoms with van der Waals surface area (Å²) >= 11 is 0. The van der Waals surface area contributed by atoms with Gasteiger partial charge in [-0.05, 0) is 70.5 Å². The first-order chi connectivity index (χ1) is 19.9. The Kier molecular flexibility index (Phi) is 9.29. The van der Waals surface area contributed by atoms with Crippen molar-refractivity contribution in [1.29, 1.82) is 0 Å². The summed E-state index contributed by atoms with van der Waals surface area (Å²) < 4.78 is 20.9. The maximum atomic E-state index is 13.7. The number of imidazole rings is 1. The topological polar surface area (TPSA) is 118 Å². The van der Waals surface area contributed by atoms with Crippen molar-refractivity contribution in [2.45, 2.75) is 65.6 Å². The number of ether oxygens (including phenoxy) is 1. The Morgan fingerprint density at radius 3 is 2.38 bits per heavy atom. The number of amides is 3. The molecule has 222 valence electrons. The van der Waals surface area contributed by atoms with Crippen molar-refractivity contribution in [2.24, 2.45) is 0 Å². The van der Waals surface area contributed by atoms with E-state index >= 15 is 0 Å². The highest BCUT2D eigenvalue weighted by Gasteiger charge is 2.32. The van der Waals surface area contributed by atoms with Crippen molar-refractivity contribution < 1.29 is 23.5 Å². The van der Waals surface area contributed by atoms with Crippen LogP contribution in [0.3, 0.4) is 0 Å². The van der Waals surface area contributed by atoms with Crippen LogP contribution in [0.15, 0.2) is 54.7 Å². The molecular weight excluding hydrogens is 539 g/mol. The smallest absolute Gasteiger partial charge is 0.408 e. The number of carbonyl (C=O) groups is 3. The lowest BCUT2D eigenvalue weighted by Crippen LogP contribution is -2.50. The minimum absolute atomic E-state index is 0.0716. The lowest BCUT2D eigenvalue weighted by molar-refractivity contribution is -0.134. The number of aromatic nitrogens is 2. The minimum atomic E-state index is -1.16. The molecule has 1 aliphatic rings. The maximum absolute atomic E-state index is 13.7. The average molecular weight is 577 g/mol. The quantitative estimate of drug-likeness (QED) is 0.317. The van der Waals surface area contributed by atoms with E-state index in [0.29, 0.717) is 29.4 Å². The van der Waals surface area contributed by atoms with Crippen molar-refractivity contribution in [1.82, 2.24) is 25.1 Å². The third kappa shape index (κ3) is 7.74. The lowest BCUT2D eigenvalue weighted by atomic mass is 10.1. The third-order valence-electron chi connectivity index (χ3n) is 6.36. The number of nitrogens with zero attached hydrogens (tertiary/aromatic N) is 3. The van der Waals surface area contributed by atoms with Crippen molar-refractivity contribution >= 4 is 35.6 Å². The maximum Gasteiger partial charge on any atom is 0.408 e. The molecule has 1 unspecified atom stereocenters. The van der Waals surface area contributed by atoms with Gasteiger partial charge in [-0.2, -0.15) is 0 Å². The molecule has 2 aromatic carbocycles. The van der Waals surface area contributed by atoms with E-state index in [1.54, 1.807) is 45.3 Å². The zero-order valence-corrected chi connectivity index (χ0v) is 24.5. The molecular formula is C31H37FN6O4. The summed E-state index contributed by atoms with van der Waals surface area (Å²) in [6.45, 7) is 9.59. The predicted molar refractivity (Wildman–Crippen MR) is 159 cm³/mol. The average Bonchev–Trinajstić information content (AvgIpc) is 3.29. The van der Waals surface area contributed by atoms with E-state index in [4.69, 9.17) is 9.72 Å². The number of carbonyl (C=O) groups excluding carboxylic acids is 3. The number of anilines is 2. The zero-order valence-electron chi connectivity index (χ0n) is 24.5. The van der Waals surface area contributed by atoms with Gasteiger partial charge in [0.2, 0.25) is 11.8 Å². The van der Waals surface area contributed by atoms with Gasteiger partial charge >= 0.3 is 6.09 Å². The molecule has 11 heteroatoms. The second-order valence-corrected chi connectivity index (χ2v) is 11.1. The molecule has 3 aromatic rings. The first-order valence-electron chi connectivity index (χ1n) is 13.9. The van der Waals surface area contributed by atoms with Gasteiger partial charge in [0, 0.05) is 30.2 Å². The largest absolute Gasteiger partial charge is 0.444 e. The number of nitrogens with one attached hydrogen (secondary N) is 3. The molecule has 3 amide bonds. The molecule has 0 fully saturated rings. The van der Waals surface area contributed by atoms with E-state index in [0.717, 1.165) is 17.7 Å². The molecule has 0 spiro atoms. The normalized spacial score (nSPS) is 13.2. The van der Waals surface area contributed by atoms with E-state index < -0.39 is 23.6 Å². The molecule has 0 radical (unpaired) electrons. The second kappa shape index (κ2) is 12.9. The summed E-state index contributed by atoms with van der Waals surface area (Å²) in [7, 11) is 0. The highest BCUT2D eigenvalue weighted by Crippen LogP contribution is 2.34. The van der Waals surface area contributed by atoms with Crippen LogP contribution < -0.4 is 16.0 Å². The number of hydrogen-bond acceptors (Lipinski definition) is 6. The fraction of sp³-hybridized carbons (Fsp3) is 0.355. The van der Waals surface area contributed by atoms with E-state index in [-0.39, 0.29) is 24.7 Å². The van der Waals surface area contributed by atoms with E-state index in [1.165, 1.54) is 17.0 Å². The van der Waals surface area contributed by atoms with Crippen LogP contribution in [0.2, 0.25) is 0 Å². The number of rotatable bonds is 9. The summed E-state index contributed by atoms with van der Waals surface area (Å²) in [4.78, 5) is 45.0. The van der Waals surface area contributed by atoms with Crippen molar-refractivity contribution in [3.8, 4) is 11.3 Å². The van der Waals surface area contributed by atoms with Crippen LogP contribution in [0.1, 0.15) is 51.9 Å². The molecule has 10 nitrogen and oxygen atoms in total. The highest BCUT2D eigenvalue weighted by molar-refractivity contribution is 5.92. The summed E-state index contributed by atoms with van der Waals surface area (Å²) in [5, 5.41) is 8.72. The Bertz CT molecular complexity index is 1460. The van der Waals surface area contributed by atoms with Gasteiger partial charge in [0.25, 0.3) is 0 Å². The van der Waals surface area contributed by atoms with Gasteiger partial charge in [0.1, 0.15) is 34.8 Å². The Morgan fingerprint density at radius 1 is 1.05 bits per heavy atom. The number of benzene rings is 2. The first kappa shape index (κ1) is 30.3. The number of aryl methyl sites for hydroxylation is 1. The summed E-state index contributed by atoms with van der Waals surface area (Å²) in [5.74, 6) is -0.0392. The van der Waals surface area contributed by atoms with Crippen molar-refractivity contribution in [3.63, 3.8) is 0 Å². The second-order valence-electron chi connectivity index (χ2n) is 11.1. The molecule has 3 N–H and O–H groups in total. The minimum Gasteiger partial charge on any atom is -0.444 e. The Labute approximate surface area is 245 Å². The van der Waals surface area contributed by atoms with Gasteiger partial charge in [0.05, 0.1) is 13.0 Å². The molecule has 4 rings (SSSR count). The fourth-order valence-corrected chi connectivity index (χ4v) is 4.33. The molecule has 0 saturated heterocycles. The molecule has 42 heavy (non-hydrogen) atoms. The fourth-order valence-electron chi connectivity index (χ4n) is 4.33. The van der Waals surface area contributed by atoms with Crippen LogP contribution in [0.5, 0.6) is 0 Å². The van der Waals surface area contributed by atoms with Gasteiger partial charge in [-0.1, -0.05) is 24.6 Å². The number of fused-ring (bicyclic) bond motifs is 1. The molecule has 2 heterocycles. The summed E-state index contributed by atoms with van der Waals surface area (Å²) in [5.41, 5.74) is 2.43. The van der Waals surface area contributed by atoms with E-state index in [2.05, 4.69) is 16.0 Å². The number of alkyl carbamates (subject to hydrolysis) is 1. The molecule has 1 aliphatic heterocycles. The van der Waals surface area contributed by atoms with Gasteiger partial charge in [0.15, 0.2) is 0 Å². The third-order valence-corrected chi connectivity index (χ3v) is 6.36. The van der Waals surface area contributed by atoms with E-state index in [1.807, 2.05) is 42.7 Å². The summed E-state index contributed by atoms with van der Waals surface area (Å²) in [6.07, 6.45) is 2.96. The van der Waals surface area contributed by atoms with Crippen LogP contribution in [0, 0.1) is 12.7 Å². The van der Waals surface area contributed by atoms with Crippen LogP contribution in [0.25, 0.3) is 17.5 Å². The molecule has 0 bridgehead atoms. The van der Waals surface area contributed by atoms with Crippen LogP contribution >= 0.6 is 0 Å². The monoisotopic (exact) mass is 576 g/mol. The van der Waals surface area contributed by atoms with E-state index in [9.17, 15) is 18.8 Å². The first-order valence-corrected chi connectivity index (χ1v) is 13.9. The Balaban J connectivity index is 1.63. The van der Waals surface area contributed by atoms with Crippen LogP contribution in [-0.2, 0) is 20.9 Å². The Hall–Kier alpha value is -4.67. The van der Waals surface area contributed by atoms with Gasteiger partial charge in [-0.3, -0.25) is 14.2 Å². The zero-order chi connectivity index (χ0) is 30.4. The standard InChI is InChI=1S/C31H37FN6O4/c1-6-15-33-26(39)18-24(35-30(41)42-31(3,4)5)29(40)37-16-17-38-25(19-37)36-27(21-9-11-22(32)12-10-21)28(38)34-23-13-7-20(2)8-14-23/h7-14,16-17,24,34H,6,15,18-19H2,1-5H3,(H,33,39)(H,35,41). The summed E-state index contributed by atoms with van der Waals surface area (Å²) in [6, 6.07) is 12.7. The highest BCUT2D eigenvalue weighted by atomic mass is 19.1. The lowest BCUT2D eigenvalue weighted by Gasteiger charge is -2.28. The molecule has 0 aliphatic carbocycles. The van der Waals surface area contributed by atoms with Crippen LogP contribution in [0.4, 0.5) is 20.7 Å². The SMILES string of the molecule is CCCNC(=O)CC(NC(=O)OC(C)(C)C)C(=O)N1C=Cn2c(nc(-c3ccc(F)cc3)c2Nc2ccc(C)cc2)C1. The van der Waals surface area contributed by atoms with Crippen molar-refractivity contribution in [2.75, 3.05) is 11.9 Å². The van der Waals surface area contributed by atoms with Gasteiger partial charge in [-0.15, -0.1) is 0 Å². The molecule has 1 atom stereocenters. The van der Waals surface area contributed by atoms with Crippen LogP contribution in [-0.4, -0.2) is 50.5 Å². The number of halogens is 1.